The quantitative estimate of drug-likeness (QED) is 0.516. The highest BCUT2D eigenvalue weighted by atomic mass is 79.9. The summed E-state index contributed by atoms with van der Waals surface area (Å²) >= 11 is 2.95. The molecule has 0 unspecified atom stereocenters. The van der Waals surface area contributed by atoms with E-state index in [4.69, 9.17) is 8.22 Å². The second kappa shape index (κ2) is 2.96. The molecule has 0 aliphatic heterocycles. The van der Waals surface area contributed by atoms with E-state index >= 15 is 0 Å². The standard InChI is InChI=1S/C6H8BrN3/c1-10(2)5-3-4-8-6(7)9-5/h3-4H,1-2H3/i1+1D3,2+1D3. The van der Waals surface area contributed by atoms with Gasteiger partial charge in [0.2, 0.25) is 0 Å². The van der Waals surface area contributed by atoms with Gasteiger partial charge in [0.05, 0.1) is 0 Å². The fourth-order valence-electron chi connectivity index (χ4n) is 0.451. The first-order chi connectivity index (χ1) is 7.12. The molecule has 10 heavy (non-hydrogen) atoms. The van der Waals surface area contributed by atoms with Crippen molar-refractivity contribution in [1.29, 1.82) is 0 Å². The number of hydrogen-bond donors (Lipinski definition) is 0. The van der Waals surface area contributed by atoms with Gasteiger partial charge in [-0.15, -0.1) is 0 Å². The molecule has 1 heterocycles. The molecule has 0 saturated heterocycles. The van der Waals surface area contributed by atoms with Gasteiger partial charge in [0.25, 0.3) is 0 Å². The van der Waals surface area contributed by atoms with Crippen LogP contribution in [0.1, 0.15) is 8.22 Å². The van der Waals surface area contributed by atoms with Gasteiger partial charge >= 0.3 is 0 Å². The first-order valence-electron chi connectivity index (χ1n) is 5.41. The summed E-state index contributed by atoms with van der Waals surface area (Å²) in [7, 11) is 0. The first kappa shape index (κ1) is 2.77. The van der Waals surface area contributed by atoms with E-state index in [1.807, 2.05) is 0 Å². The minimum absolute atomic E-state index is 0.128. The van der Waals surface area contributed by atoms with Gasteiger partial charge in [-0.1, -0.05) is 0 Å². The van der Waals surface area contributed by atoms with Crippen LogP contribution < -0.4 is 4.90 Å². The molecule has 0 aliphatic rings. The Labute approximate surface area is 76.7 Å². The maximum absolute atomic E-state index is 7.18. The summed E-state index contributed by atoms with van der Waals surface area (Å²) in [4.78, 5) is 7.71. The summed E-state index contributed by atoms with van der Waals surface area (Å²) in [6, 6.07) is 1.23. The maximum atomic E-state index is 7.18. The molecule has 0 radical (unpaired) electrons. The van der Waals surface area contributed by atoms with Crippen LogP contribution in [0, 0.1) is 0 Å². The highest BCUT2D eigenvalue weighted by Gasteiger charge is 1.95. The van der Waals surface area contributed by atoms with Crippen molar-refractivity contribution in [3.63, 3.8) is 0 Å². The summed E-state index contributed by atoms with van der Waals surface area (Å²) in [5, 5.41) is 0. The zero-order valence-electron chi connectivity index (χ0n) is 10.9. The maximum Gasteiger partial charge on any atom is 0.198 e. The van der Waals surface area contributed by atoms with Gasteiger partial charge in [0.1, 0.15) is 5.82 Å². The van der Waals surface area contributed by atoms with Gasteiger partial charge in [-0.25, -0.2) is 9.97 Å². The van der Waals surface area contributed by atoms with Crippen LogP contribution in [0.5, 0.6) is 0 Å². The predicted molar refractivity (Wildman–Crippen MR) is 44.1 cm³/mol. The SMILES string of the molecule is [2H][13C]([2H])([2H])N(c1ccnc(Br)n1)[13C]([2H])([2H])[2H]. The van der Waals surface area contributed by atoms with E-state index in [1.54, 1.807) is 0 Å². The van der Waals surface area contributed by atoms with E-state index in [0.717, 1.165) is 0 Å². The molecule has 1 aromatic heterocycles. The number of rotatable bonds is 1. The van der Waals surface area contributed by atoms with E-state index < -0.39 is 14.0 Å². The normalized spacial score (nSPS) is 20.9. The average Bonchev–Trinajstić information content (AvgIpc) is 1.97. The highest BCUT2D eigenvalue weighted by Crippen LogP contribution is 2.08. The van der Waals surface area contributed by atoms with Crippen LogP contribution in [0.2, 0.25) is 0 Å². The molecule has 0 bridgehead atoms. The van der Waals surface area contributed by atoms with E-state index in [1.165, 1.54) is 12.3 Å². The summed E-state index contributed by atoms with van der Waals surface area (Å²) in [5.74, 6) is -0.179. The van der Waals surface area contributed by atoms with Gasteiger partial charge in [0, 0.05) is 28.4 Å². The Morgan fingerprint density at radius 1 is 1.70 bits per heavy atom. The van der Waals surface area contributed by atoms with Gasteiger partial charge in [-0.3, -0.25) is 0 Å². The second-order valence-corrected chi connectivity index (χ2v) is 2.23. The minimum Gasteiger partial charge on any atom is -0.363 e. The van der Waals surface area contributed by atoms with Crippen molar-refractivity contribution in [3.05, 3.63) is 17.0 Å². The summed E-state index contributed by atoms with van der Waals surface area (Å²) < 4.78 is 43.2. The van der Waals surface area contributed by atoms with Crippen molar-refractivity contribution < 1.29 is 8.22 Å². The average molecular weight is 210 g/mol. The lowest BCUT2D eigenvalue weighted by molar-refractivity contribution is 1.01. The lowest BCUT2D eigenvalue weighted by atomic mass is 10.6. The van der Waals surface area contributed by atoms with Crippen LogP contribution >= 0.6 is 15.9 Å². The number of nitrogens with zero attached hydrogens (tertiary/aromatic N) is 3. The molecule has 1 rings (SSSR count). The van der Waals surface area contributed by atoms with E-state index in [2.05, 4.69) is 25.9 Å². The molecule has 0 aliphatic carbocycles. The van der Waals surface area contributed by atoms with Crippen LogP contribution in [-0.2, 0) is 0 Å². The molecule has 1 aromatic rings. The third kappa shape index (κ3) is 1.67. The number of aromatic nitrogens is 2. The minimum atomic E-state index is -2.79. The molecular weight excluding hydrogens is 196 g/mol. The fraction of sp³-hybridized carbons (Fsp3) is 0.333. The number of anilines is 1. The van der Waals surface area contributed by atoms with Crippen LogP contribution in [0.25, 0.3) is 0 Å². The molecule has 0 fully saturated rings. The van der Waals surface area contributed by atoms with Crippen molar-refractivity contribution in [2.45, 2.75) is 0 Å². The molecule has 0 atom stereocenters. The molecule has 3 nitrogen and oxygen atoms in total. The highest BCUT2D eigenvalue weighted by molar-refractivity contribution is 9.10. The fourth-order valence-corrected chi connectivity index (χ4v) is 0.751. The Bertz CT molecular complexity index is 361. The molecular formula is C6H8BrN3. The topological polar surface area (TPSA) is 29.0 Å². The zero-order chi connectivity index (χ0) is 12.6. The van der Waals surface area contributed by atoms with Gasteiger partial charge < -0.3 is 4.90 Å². The summed E-state index contributed by atoms with van der Waals surface area (Å²) in [6.07, 6.45) is 1.27. The van der Waals surface area contributed by atoms with Crippen molar-refractivity contribution in [2.75, 3.05) is 18.9 Å². The van der Waals surface area contributed by atoms with Crippen LogP contribution in [0.15, 0.2) is 17.0 Å². The van der Waals surface area contributed by atoms with Crippen LogP contribution in [-0.4, -0.2) is 23.9 Å². The predicted octanol–water partition coefficient (Wildman–Crippen LogP) is 1.31. The third-order valence-corrected chi connectivity index (χ3v) is 1.22. The number of hydrogen-bond acceptors (Lipinski definition) is 3. The third-order valence-electron chi connectivity index (χ3n) is 0.841. The second-order valence-electron chi connectivity index (χ2n) is 1.52. The lowest BCUT2D eigenvalue weighted by Crippen LogP contribution is -2.10. The Hall–Kier alpha value is -0.640. The molecule has 0 N–H and O–H groups in total. The van der Waals surface area contributed by atoms with Crippen molar-refractivity contribution in [2.24, 2.45) is 0 Å². The Kier molecular flexibility index (Phi) is 0.822. The smallest absolute Gasteiger partial charge is 0.198 e. The summed E-state index contributed by atoms with van der Waals surface area (Å²) in [6.45, 7) is -5.59. The molecule has 0 saturated carbocycles. The zero-order valence-corrected chi connectivity index (χ0v) is 6.46. The van der Waals surface area contributed by atoms with Crippen molar-refractivity contribution in [1.82, 2.24) is 9.97 Å². The van der Waals surface area contributed by atoms with Gasteiger partial charge in [-0.05, 0) is 22.0 Å². The van der Waals surface area contributed by atoms with Crippen molar-refractivity contribution in [3.8, 4) is 0 Å². The monoisotopic (exact) mass is 209 g/mol. The summed E-state index contributed by atoms with van der Waals surface area (Å²) in [5.41, 5.74) is 0. The lowest BCUT2D eigenvalue weighted by Gasteiger charge is -2.09. The Morgan fingerprint density at radius 2 is 2.50 bits per heavy atom. The Balaban J connectivity index is 3.23. The van der Waals surface area contributed by atoms with Gasteiger partial charge in [-0.2, -0.15) is 0 Å². The largest absolute Gasteiger partial charge is 0.363 e. The van der Waals surface area contributed by atoms with E-state index in [-0.39, 0.29) is 10.6 Å². The van der Waals surface area contributed by atoms with E-state index in [0.29, 0.717) is 4.90 Å². The molecule has 0 amide bonds. The molecule has 54 valence electrons. The van der Waals surface area contributed by atoms with Gasteiger partial charge in [0.15, 0.2) is 4.73 Å². The molecule has 0 spiro atoms. The first-order valence-corrected chi connectivity index (χ1v) is 3.20. The Morgan fingerprint density at radius 3 is 3.10 bits per heavy atom. The van der Waals surface area contributed by atoms with Crippen molar-refractivity contribution >= 4 is 21.7 Å². The van der Waals surface area contributed by atoms with Crippen LogP contribution in [0.3, 0.4) is 0 Å². The van der Waals surface area contributed by atoms with Crippen LogP contribution in [0.4, 0.5) is 5.82 Å². The van der Waals surface area contributed by atoms with E-state index in [9.17, 15) is 0 Å². The number of halogens is 1. The molecule has 0 aromatic carbocycles. The molecule has 4 heteroatoms.